The molecule has 0 spiro atoms. The Balaban J connectivity index is 1.33. The van der Waals surface area contributed by atoms with E-state index < -0.39 is 36.3 Å². The van der Waals surface area contributed by atoms with Crippen molar-refractivity contribution < 1.29 is 15.4 Å². The minimum absolute atomic E-state index is 0.00564. The lowest BCUT2D eigenvalue weighted by atomic mass is 10.0. The minimum atomic E-state index is -0.505. The van der Waals surface area contributed by atoms with Crippen LogP contribution < -0.4 is 0 Å². The highest BCUT2D eigenvalue weighted by atomic mass is 16.3. The highest BCUT2D eigenvalue weighted by molar-refractivity contribution is 6.12. The first-order chi connectivity index (χ1) is 28.1. The maximum Gasteiger partial charge on any atom is 0.164 e. The average Bonchev–Trinajstić information content (AvgIpc) is 3.84. The minimum Gasteiger partial charge on any atom is -0.456 e. The second-order valence-corrected chi connectivity index (χ2v) is 11.9. The third-order valence-corrected chi connectivity index (χ3v) is 8.88. The summed E-state index contributed by atoms with van der Waals surface area (Å²) in [5, 5.41) is 1.74. The highest BCUT2D eigenvalue weighted by Crippen LogP contribution is 2.38. The largest absolute Gasteiger partial charge is 0.456 e. The van der Waals surface area contributed by atoms with Crippen molar-refractivity contribution >= 4 is 43.7 Å². The molecule has 10 rings (SSSR count). The zero-order chi connectivity index (χ0) is 40.0. The predicted molar refractivity (Wildman–Crippen MR) is 203 cm³/mol. The van der Waals surface area contributed by atoms with Crippen molar-refractivity contribution in [1.82, 2.24) is 19.5 Å². The summed E-state index contributed by atoms with van der Waals surface area (Å²) in [6.45, 7) is 0. The molecule has 5 heteroatoms. The van der Waals surface area contributed by atoms with Gasteiger partial charge < -0.3 is 8.98 Å². The summed E-state index contributed by atoms with van der Waals surface area (Å²) in [6, 6.07) is 34.6. The maximum absolute atomic E-state index is 9.12. The molecule has 234 valence electrons. The van der Waals surface area contributed by atoms with Gasteiger partial charge in [0.2, 0.25) is 0 Å². The molecule has 3 aromatic heterocycles. The second-order valence-electron chi connectivity index (χ2n) is 11.9. The topological polar surface area (TPSA) is 56.7 Å². The smallest absolute Gasteiger partial charge is 0.164 e. The molecule has 0 unspecified atom stereocenters. The van der Waals surface area contributed by atoms with E-state index in [1.807, 2.05) is 115 Å². The van der Waals surface area contributed by atoms with Gasteiger partial charge in [0.1, 0.15) is 11.2 Å². The molecule has 10 aromatic rings. The van der Waals surface area contributed by atoms with Crippen molar-refractivity contribution in [1.29, 1.82) is 0 Å². The first-order valence-corrected chi connectivity index (χ1v) is 16.0. The standard InChI is InChI=1S/C45H28N4O/c1-3-14-29(15-4-1)31-26-32(28-33(27-31)49-38-22-10-7-18-34(38)35-19-8-11-23-39(35)49)44-46-43(30-16-5-2-6-17-30)47-45(48-44)37-21-13-25-41-42(37)36-20-9-12-24-40(36)50-41/h1-28H/i7D,8D,10D,11D,18D,19D,22D,23D. The van der Waals surface area contributed by atoms with Crippen LogP contribution in [0.4, 0.5) is 0 Å². The predicted octanol–water partition coefficient (Wildman–Crippen LogP) is 11.5. The molecular weight excluding hydrogens is 613 g/mol. The van der Waals surface area contributed by atoms with Gasteiger partial charge in [0, 0.05) is 43.9 Å². The Bertz CT molecular complexity index is 3250. The summed E-state index contributed by atoms with van der Waals surface area (Å²) >= 11 is 0. The van der Waals surface area contributed by atoms with Crippen LogP contribution in [-0.4, -0.2) is 19.5 Å². The Labute approximate surface area is 299 Å². The number of benzene rings is 7. The molecule has 7 aromatic carbocycles. The summed E-state index contributed by atoms with van der Waals surface area (Å²) in [4.78, 5) is 15.2. The van der Waals surface area contributed by atoms with E-state index >= 15 is 0 Å². The monoisotopic (exact) mass is 648 g/mol. The van der Waals surface area contributed by atoms with Crippen LogP contribution in [0.25, 0.3) is 94.7 Å². The fourth-order valence-electron chi connectivity index (χ4n) is 6.65. The Morgan fingerprint density at radius 3 is 1.78 bits per heavy atom. The Hall–Kier alpha value is -6.85. The van der Waals surface area contributed by atoms with Gasteiger partial charge in [-0.05, 0) is 53.5 Å². The molecule has 3 heterocycles. The average molecular weight is 649 g/mol. The summed E-state index contributed by atoms with van der Waals surface area (Å²) in [5.41, 5.74) is 5.35. The summed E-state index contributed by atoms with van der Waals surface area (Å²) in [5.74, 6) is 1.11. The van der Waals surface area contributed by atoms with Gasteiger partial charge in [-0.1, -0.05) is 127 Å². The lowest BCUT2D eigenvalue weighted by Crippen LogP contribution is -2.02. The van der Waals surface area contributed by atoms with E-state index in [-0.39, 0.29) is 33.9 Å². The summed E-state index contributed by atoms with van der Waals surface area (Å²) in [7, 11) is 0. The van der Waals surface area contributed by atoms with Crippen LogP contribution in [0, 0.1) is 0 Å². The molecule has 0 radical (unpaired) electrons. The Kier molecular flexibility index (Phi) is 4.83. The molecule has 0 atom stereocenters. The zero-order valence-electron chi connectivity index (χ0n) is 34.2. The third kappa shape index (κ3) is 4.60. The number of rotatable bonds is 5. The Morgan fingerprint density at radius 1 is 0.460 bits per heavy atom. The first-order valence-electron chi connectivity index (χ1n) is 20.0. The van der Waals surface area contributed by atoms with Gasteiger partial charge in [-0.25, -0.2) is 15.0 Å². The fraction of sp³-hybridized carbons (Fsp3) is 0. The van der Waals surface area contributed by atoms with E-state index in [2.05, 4.69) is 0 Å². The molecular formula is C45H28N4O. The van der Waals surface area contributed by atoms with Crippen molar-refractivity contribution in [2.24, 2.45) is 0 Å². The number of hydrogen-bond acceptors (Lipinski definition) is 4. The molecule has 0 aliphatic rings. The number of nitrogens with zero attached hydrogens (tertiary/aromatic N) is 4. The van der Waals surface area contributed by atoms with Gasteiger partial charge in [0.25, 0.3) is 0 Å². The van der Waals surface area contributed by atoms with E-state index in [1.54, 1.807) is 6.07 Å². The lowest BCUT2D eigenvalue weighted by molar-refractivity contribution is 0.669. The van der Waals surface area contributed by atoms with Gasteiger partial charge in [-0.15, -0.1) is 0 Å². The third-order valence-electron chi connectivity index (χ3n) is 8.88. The molecule has 50 heavy (non-hydrogen) atoms. The van der Waals surface area contributed by atoms with Crippen molar-refractivity contribution in [2.75, 3.05) is 0 Å². The van der Waals surface area contributed by atoms with E-state index in [4.69, 9.17) is 30.3 Å². The van der Waals surface area contributed by atoms with Gasteiger partial charge >= 0.3 is 0 Å². The van der Waals surface area contributed by atoms with Crippen molar-refractivity contribution in [3.63, 3.8) is 0 Å². The van der Waals surface area contributed by atoms with Crippen LogP contribution >= 0.6 is 0 Å². The number of aromatic nitrogens is 4. The van der Waals surface area contributed by atoms with Gasteiger partial charge in [-0.2, -0.15) is 0 Å². The van der Waals surface area contributed by atoms with E-state index in [1.165, 1.54) is 4.57 Å². The van der Waals surface area contributed by atoms with E-state index in [9.17, 15) is 0 Å². The second kappa shape index (κ2) is 11.4. The quantitative estimate of drug-likeness (QED) is 0.186. The first kappa shape index (κ1) is 21.2. The van der Waals surface area contributed by atoms with Crippen molar-refractivity contribution in [3.8, 4) is 51.0 Å². The van der Waals surface area contributed by atoms with Crippen LogP contribution in [0.3, 0.4) is 0 Å². The molecule has 0 saturated carbocycles. The fourth-order valence-corrected chi connectivity index (χ4v) is 6.65. The Morgan fingerprint density at radius 2 is 1.04 bits per heavy atom. The molecule has 0 fully saturated rings. The normalized spacial score (nSPS) is 13.8. The number of para-hydroxylation sites is 3. The number of furan rings is 1. The molecule has 0 aliphatic heterocycles. The lowest BCUT2D eigenvalue weighted by Gasteiger charge is -2.14. The molecule has 0 saturated heterocycles. The van der Waals surface area contributed by atoms with Crippen LogP contribution in [0.1, 0.15) is 11.0 Å². The van der Waals surface area contributed by atoms with Crippen molar-refractivity contribution in [2.45, 2.75) is 0 Å². The van der Waals surface area contributed by atoms with Gasteiger partial charge in [0.05, 0.1) is 22.0 Å². The van der Waals surface area contributed by atoms with E-state index in [0.29, 0.717) is 39.9 Å². The van der Waals surface area contributed by atoms with Gasteiger partial charge in [-0.3, -0.25) is 0 Å². The molecule has 0 amide bonds. The van der Waals surface area contributed by atoms with E-state index in [0.717, 1.165) is 33.0 Å². The molecule has 0 bridgehead atoms. The van der Waals surface area contributed by atoms with Crippen LogP contribution in [0.5, 0.6) is 0 Å². The zero-order valence-corrected chi connectivity index (χ0v) is 26.2. The number of hydrogen-bond donors (Lipinski definition) is 0. The van der Waals surface area contributed by atoms with Crippen LogP contribution in [0.2, 0.25) is 0 Å². The number of fused-ring (bicyclic) bond motifs is 6. The maximum atomic E-state index is 9.12. The van der Waals surface area contributed by atoms with Gasteiger partial charge in [0.15, 0.2) is 17.5 Å². The van der Waals surface area contributed by atoms with Crippen LogP contribution in [0.15, 0.2) is 174 Å². The molecule has 0 N–H and O–H groups in total. The molecule has 5 nitrogen and oxygen atoms in total. The van der Waals surface area contributed by atoms with Crippen molar-refractivity contribution in [3.05, 3.63) is 170 Å². The summed E-state index contributed by atoms with van der Waals surface area (Å²) < 4.78 is 78.2. The highest BCUT2D eigenvalue weighted by Gasteiger charge is 2.19. The molecule has 0 aliphatic carbocycles. The van der Waals surface area contributed by atoms with Crippen LogP contribution in [-0.2, 0) is 0 Å². The SMILES string of the molecule is [2H]c1c([2H])c([2H])c2c(c1[2H])c1c([2H])c([2H])c([2H])c([2H])c1n2-c1cc(-c2ccccc2)cc(-c2nc(-c3ccccc3)nc(-c3cccc4oc5ccccc5c34)n2)c1. The summed E-state index contributed by atoms with van der Waals surface area (Å²) in [6.07, 6.45) is 0.